The third-order valence-electron chi connectivity index (χ3n) is 2.91. The molecule has 0 amide bonds. The fourth-order valence-corrected chi connectivity index (χ4v) is 2.62. The molecule has 0 fully saturated rings. The van der Waals surface area contributed by atoms with E-state index in [9.17, 15) is 4.79 Å². The first kappa shape index (κ1) is 14.5. The lowest BCUT2D eigenvalue weighted by Crippen LogP contribution is -2.05. The van der Waals surface area contributed by atoms with Gasteiger partial charge in [-0.15, -0.1) is 0 Å². The van der Waals surface area contributed by atoms with Crippen molar-refractivity contribution < 1.29 is 9.53 Å². The third-order valence-corrected chi connectivity index (χ3v) is 4.35. The van der Waals surface area contributed by atoms with E-state index in [0.717, 1.165) is 19.2 Å². The molecule has 0 radical (unpaired) electrons. The van der Waals surface area contributed by atoms with Gasteiger partial charge in [-0.1, -0.05) is 34.1 Å². The number of esters is 1. The Morgan fingerprint density at radius 2 is 1.81 bits per heavy atom. The first-order chi connectivity index (χ1) is 10.1. The number of hydrogen-bond acceptors (Lipinski definition) is 3. The highest BCUT2D eigenvalue weighted by Crippen LogP contribution is 2.23. The number of ether oxygens (including phenoxy) is 1. The molecule has 1 aliphatic heterocycles. The predicted molar refractivity (Wildman–Crippen MR) is 93.9 cm³/mol. The summed E-state index contributed by atoms with van der Waals surface area (Å²) in [7, 11) is 0. The molecule has 2 aromatic rings. The first-order valence-corrected chi connectivity index (χ1v) is 8.04. The lowest BCUT2D eigenvalue weighted by molar-refractivity contribution is -0.129. The maximum Gasteiger partial charge on any atom is 0.363 e. The van der Waals surface area contributed by atoms with Crippen LogP contribution in [0.2, 0.25) is 0 Å². The van der Waals surface area contributed by atoms with Crippen molar-refractivity contribution in [1.82, 2.24) is 0 Å². The highest BCUT2D eigenvalue weighted by Gasteiger charge is 2.24. The molecule has 21 heavy (non-hydrogen) atoms. The van der Waals surface area contributed by atoms with E-state index < -0.39 is 5.97 Å². The Hall–Kier alpha value is -1.47. The van der Waals surface area contributed by atoms with Gasteiger partial charge in [-0.25, -0.2) is 9.79 Å². The average Bonchev–Trinajstić information content (AvgIpc) is 2.83. The topological polar surface area (TPSA) is 38.7 Å². The van der Waals surface area contributed by atoms with E-state index in [-0.39, 0.29) is 0 Å². The van der Waals surface area contributed by atoms with Crippen LogP contribution in [-0.2, 0) is 9.53 Å². The fourth-order valence-electron chi connectivity index (χ4n) is 1.86. The Balaban J connectivity index is 1.96. The molecule has 3 nitrogen and oxygen atoms in total. The van der Waals surface area contributed by atoms with E-state index in [1.54, 1.807) is 6.08 Å². The van der Waals surface area contributed by atoms with Gasteiger partial charge in [0.1, 0.15) is 0 Å². The van der Waals surface area contributed by atoms with Crippen LogP contribution in [0.5, 0.6) is 0 Å². The average molecular weight is 454 g/mol. The van der Waals surface area contributed by atoms with Crippen LogP contribution in [0.4, 0.5) is 0 Å². The number of benzene rings is 2. The SMILES string of the molecule is O=C1OC(c2ccc(I)cc2)=N/C1=C/c1ccccc1Br. The monoisotopic (exact) mass is 453 g/mol. The maximum absolute atomic E-state index is 11.9. The van der Waals surface area contributed by atoms with Gasteiger partial charge in [-0.3, -0.25) is 0 Å². The normalized spacial score (nSPS) is 16.0. The van der Waals surface area contributed by atoms with Crippen molar-refractivity contribution in [3.8, 4) is 0 Å². The minimum absolute atomic E-state index is 0.301. The Kier molecular flexibility index (Phi) is 4.21. The van der Waals surface area contributed by atoms with Crippen LogP contribution >= 0.6 is 38.5 Å². The number of carbonyl (C=O) groups is 1. The van der Waals surface area contributed by atoms with Crippen LogP contribution in [0.1, 0.15) is 11.1 Å². The number of cyclic esters (lactones) is 1. The van der Waals surface area contributed by atoms with E-state index in [0.29, 0.717) is 11.6 Å². The standard InChI is InChI=1S/C16H9BrINO2/c17-13-4-2-1-3-11(13)9-14-16(20)21-15(19-14)10-5-7-12(18)8-6-10/h1-9H/b14-9+. The number of halogens is 2. The zero-order valence-corrected chi connectivity index (χ0v) is 14.5. The van der Waals surface area contributed by atoms with Crippen LogP contribution in [0.25, 0.3) is 6.08 Å². The summed E-state index contributed by atoms with van der Waals surface area (Å²) in [6.45, 7) is 0. The van der Waals surface area contributed by atoms with Gasteiger partial charge in [0.15, 0.2) is 5.70 Å². The van der Waals surface area contributed by atoms with Gasteiger partial charge in [0.05, 0.1) is 0 Å². The summed E-state index contributed by atoms with van der Waals surface area (Å²) in [5.74, 6) is -0.0889. The van der Waals surface area contributed by atoms with Crippen LogP contribution in [0.15, 0.2) is 63.7 Å². The summed E-state index contributed by atoms with van der Waals surface area (Å²) >= 11 is 5.67. The van der Waals surface area contributed by atoms with E-state index in [1.165, 1.54) is 0 Å². The number of aliphatic imine (C=N–C) groups is 1. The predicted octanol–water partition coefficient (Wildman–Crippen LogP) is 4.40. The summed E-state index contributed by atoms with van der Waals surface area (Å²) < 4.78 is 7.26. The Morgan fingerprint density at radius 1 is 1.10 bits per heavy atom. The van der Waals surface area contributed by atoms with Gasteiger partial charge in [0.25, 0.3) is 0 Å². The Morgan fingerprint density at radius 3 is 2.52 bits per heavy atom. The molecule has 0 N–H and O–H groups in total. The number of hydrogen-bond donors (Lipinski definition) is 0. The fraction of sp³-hybridized carbons (Fsp3) is 0. The van der Waals surface area contributed by atoms with Crippen LogP contribution < -0.4 is 0 Å². The molecule has 0 bridgehead atoms. The molecule has 5 heteroatoms. The van der Waals surface area contributed by atoms with Crippen molar-refractivity contribution in [2.45, 2.75) is 0 Å². The molecule has 3 rings (SSSR count). The highest BCUT2D eigenvalue weighted by molar-refractivity contribution is 14.1. The van der Waals surface area contributed by atoms with Crippen molar-refractivity contribution in [2.75, 3.05) is 0 Å². The van der Waals surface area contributed by atoms with Gasteiger partial charge >= 0.3 is 5.97 Å². The number of rotatable bonds is 2. The van der Waals surface area contributed by atoms with Gasteiger partial charge in [-0.2, -0.15) is 0 Å². The van der Waals surface area contributed by atoms with Crippen molar-refractivity contribution in [3.63, 3.8) is 0 Å². The Labute approximate surface area is 144 Å². The molecular weight excluding hydrogens is 445 g/mol. The third kappa shape index (κ3) is 3.24. The van der Waals surface area contributed by atoms with Gasteiger partial charge in [0.2, 0.25) is 5.90 Å². The minimum atomic E-state index is -0.431. The summed E-state index contributed by atoms with van der Waals surface area (Å²) in [6.07, 6.45) is 1.71. The second-order valence-electron chi connectivity index (χ2n) is 4.36. The Bertz CT molecular complexity index is 766. The van der Waals surface area contributed by atoms with Crippen LogP contribution in [0, 0.1) is 3.57 Å². The summed E-state index contributed by atoms with van der Waals surface area (Å²) in [4.78, 5) is 16.2. The zero-order valence-electron chi connectivity index (χ0n) is 10.7. The lowest BCUT2D eigenvalue weighted by atomic mass is 10.2. The summed E-state index contributed by atoms with van der Waals surface area (Å²) in [6, 6.07) is 15.3. The second-order valence-corrected chi connectivity index (χ2v) is 6.46. The van der Waals surface area contributed by atoms with Gasteiger partial charge in [-0.05, 0) is 64.6 Å². The van der Waals surface area contributed by atoms with Crippen molar-refractivity contribution in [1.29, 1.82) is 0 Å². The molecule has 0 aromatic heterocycles. The lowest BCUT2D eigenvalue weighted by Gasteiger charge is -1.98. The van der Waals surface area contributed by atoms with Crippen LogP contribution in [0.3, 0.4) is 0 Å². The zero-order chi connectivity index (χ0) is 14.8. The van der Waals surface area contributed by atoms with E-state index >= 15 is 0 Å². The molecule has 1 aliphatic rings. The van der Waals surface area contributed by atoms with E-state index in [1.807, 2.05) is 48.5 Å². The second kappa shape index (κ2) is 6.11. The molecule has 0 atom stereocenters. The molecule has 2 aromatic carbocycles. The summed E-state index contributed by atoms with van der Waals surface area (Å²) in [5, 5.41) is 0. The molecule has 0 saturated carbocycles. The molecule has 1 heterocycles. The molecule has 0 unspecified atom stereocenters. The molecule has 0 saturated heterocycles. The van der Waals surface area contributed by atoms with E-state index in [4.69, 9.17) is 4.74 Å². The molecule has 104 valence electrons. The van der Waals surface area contributed by atoms with Gasteiger partial charge in [0, 0.05) is 13.6 Å². The number of nitrogens with zero attached hydrogens (tertiary/aromatic N) is 1. The summed E-state index contributed by atoms with van der Waals surface area (Å²) in [5.41, 5.74) is 1.98. The minimum Gasteiger partial charge on any atom is -0.402 e. The largest absolute Gasteiger partial charge is 0.402 e. The van der Waals surface area contributed by atoms with Crippen molar-refractivity contribution in [2.24, 2.45) is 4.99 Å². The number of carbonyl (C=O) groups excluding carboxylic acids is 1. The molecule has 0 aliphatic carbocycles. The highest BCUT2D eigenvalue weighted by atomic mass is 127. The first-order valence-electron chi connectivity index (χ1n) is 6.16. The van der Waals surface area contributed by atoms with Gasteiger partial charge < -0.3 is 4.74 Å². The molecular formula is C16H9BrINO2. The quantitative estimate of drug-likeness (QED) is 0.384. The molecule has 0 spiro atoms. The van der Waals surface area contributed by atoms with Crippen molar-refractivity contribution in [3.05, 3.63) is 73.4 Å². The smallest absolute Gasteiger partial charge is 0.363 e. The van der Waals surface area contributed by atoms with Crippen molar-refractivity contribution >= 4 is 56.5 Å². The van der Waals surface area contributed by atoms with E-state index in [2.05, 4.69) is 43.5 Å². The van der Waals surface area contributed by atoms with Crippen LogP contribution in [-0.4, -0.2) is 11.9 Å². The maximum atomic E-state index is 11.9.